The predicted molar refractivity (Wildman–Crippen MR) is 154 cm³/mol. The van der Waals surface area contributed by atoms with Crippen molar-refractivity contribution >= 4 is 5.97 Å². The SMILES string of the molecule is CCCCCCCCC1CCC(C(=O)O)(c2ccc(-c3ccc(CCCCCCC)cc3)c(F)c2)CC1. The Hall–Kier alpha value is -2.16. The number of unbranched alkanes of at least 4 members (excludes halogenated alkanes) is 9. The standard InChI is InChI=1S/C34H49FO2/c1-3-5-7-9-11-13-15-28-22-24-34(25-23-28,33(36)37)30-20-21-31(32(35)26-30)29-18-16-27(17-19-29)14-12-10-8-6-4-2/h16-21,26,28H,3-15,22-25H2,1-2H3,(H,36,37). The summed E-state index contributed by atoms with van der Waals surface area (Å²) in [6, 6.07) is 13.4. The van der Waals surface area contributed by atoms with E-state index in [4.69, 9.17) is 0 Å². The Balaban J connectivity index is 1.59. The van der Waals surface area contributed by atoms with Crippen molar-refractivity contribution in [2.45, 2.75) is 128 Å². The number of carboxylic acids is 1. The summed E-state index contributed by atoms with van der Waals surface area (Å²) in [5.74, 6) is -0.520. The number of benzene rings is 2. The molecule has 1 N–H and O–H groups in total. The van der Waals surface area contributed by atoms with Gasteiger partial charge in [0.25, 0.3) is 0 Å². The number of halogens is 1. The van der Waals surface area contributed by atoms with Gasteiger partial charge in [-0.25, -0.2) is 4.39 Å². The number of hydrogen-bond acceptors (Lipinski definition) is 1. The van der Waals surface area contributed by atoms with Gasteiger partial charge < -0.3 is 5.11 Å². The number of rotatable bonds is 16. The van der Waals surface area contributed by atoms with E-state index in [0.29, 0.717) is 29.9 Å². The third-order valence-electron chi connectivity index (χ3n) is 8.69. The Labute approximate surface area is 225 Å². The van der Waals surface area contributed by atoms with Gasteiger partial charge in [0.1, 0.15) is 5.82 Å². The molecule has 37 heavy (non-hydrogen) atoms. The van der Waals surface area contributed by atoms with Crippen molar-refractivity contribution in [2.75, 3.05) is 0 Å². The molecule has 0 heterocycles. The zero-order valence-corrected chi connectivity index (χ0v) is 23.4. The first-order chi connectivity index (χ1) is 18.0. The average Bonchev–Trinajstić information content (AvgIpc) is 2.91. The van der Waals surface area contributed by atoms with Crippen LogP contribution in [0.15, 0.2) is 42.5 Å². The molecule has 0 radical (unpaired) electrons. The van der Waals surface area contributed by atoms with Gasteiger partial charge in [0.15, 0.2) is 0 Å². The van der Waals surface area contributed by atoms with E-state index in [2.05, 4.69) is 26.0 Å². The Morgan fingerprint density at radius 2 is 1.43 bits per heavy atom. The zero-order chi connectivity index (χ0) is 26.5. The maximum atomic E-state index is 15.3. The fourth-order valence-electron chi connectivity index (χ4n) is 6.13. The summed E-state index contributed by atoms with van der Waals surface area (Å²) >= 11 is 0. The second-order valence-electron chi connectivity index (χ2n) is 11.4. The van der Waals surface area contributed by atoms with Crippen LogP contribution >= 0.6 is 0 Å². The van der Waals surface area contributed by atoms with Gasteiger partial charge in [-0.05, 0) is 67.2 Å². The molecule has 0 aromatic heterocycles. The van der Waals surface area contributed by atoms with Crippen molar-refractivity contribution in [2.24, 2.45) is 5.92 Å². The summed E-state index contributed by atoms with van der Waals surface area (Å²) in [4.78, 5) is 12.5. The predicted octanol–water partition coefficient (Wildman–Crippen LogP) is 10.3. The third kappa shape index (κ3) is 8.42. The number of carbonyl (C=O) groups is 1. The fourth-order valence-corrected chi connectivity index (χ4v) is 6.13. The normalized spacial score (nSPS) is 19.7. The molecule has 0 spiro atoms. The molecule has 1 aliphatic rings. The fraction of sp³-hybridized carbons (Fsp3) is 0.618. The molecule has 3 heteroatoms. The smallest absolute Gasteiger partial charge is 0.314 e. The van der Waals surface area contributed by atoms with Crippen LogP contribution in [-0.2, 0) is 16.6 Å². The summed E-state index contributed by atoms with van der Waals surface area (Å²) in [6.45, 7) is 4.47. The van der Waals surface area contributed by atoms with E-state index in [9.17, 15) is 9.90 Å². The highest BCUT2D eigenvalue weighted by Crippen LogP contribution is 2.44. The molecule has 3 rings (SSSR count). The summed E-state index contributed by atoms with van der Waals surface area (Å²) in [7, 11) is 0. The minimum absolute atomic E-state index is 0.320. The second-order valence-corrected chi connectivity index (χ2v) is 11.4. The van der Waals surface area contributed by atoms with E-state index in [1.54, 1.807) is 6.07 Å². The lowest BCUT2D eigenvalue weighted by Gasteiger charge is -2.37. The van der Waals surface area contributed by atoms with Gasteiger partial charge in [-0.15, -0.1) is 0 Å². The van der Waals surface area contributed by atoms with Crippen LogP contribution in [0.3, 0.4) is 0 Å². The van der Waals surface area contributed by atoms with Crippen molar-refractivity contribution < 1.29 is 14.3 Å². The van der Waals surface area contributed by atoms with E-state index in [0.717, 1.165) is 24.8 Å². The molecule has 1 aliphatic carbocycles. The Morgan fingerprint density at radius 3 is 2.03 bits per heavy atom. The highest BCUT2D eigenvalue weighted by Gasteiger charge is 2.43. The van der Waals surface area contributed by atoms with Gasteiger partial charge in [-0.1, -0.05) is 121 Å². The second kappa shape index (κ2) is 15.3. The zero-order valence-electron chi connectivity index (χ0n) is 23.4. The molecule has 0 aliphatic heterocycles. The van der Waals surface area contributed by atoms with E-state index >= 15 is 4.39 Å². The Morgan fingerprint density at radius 1 is 0.838 bits per heavy atom. The molecule has 0 saturated heterocycles. The number of aryl methyl sites for hydroxylation is 1. The van der Waals surface area contributed by atoms with E-state index in [1.165, 1.54) is 88.7 Å². The minimum Gasteiger partial charge on any atom is -0.481 e. The molecule has 0 unspecified atom stereocenters. The van der Waals surface area contributed by atoms with Crippen molar-refractivity contribution in [3.05, 3.63) is 59.4 Å². The molecular formula is C34H49FO2. The summed E-state index contributed by atoms with van der Waals surface area (Å²) in [5.41, 5.74) is 2.36. The van der Waals surface area contributed by atoms with E-state index in [-0.39, 0.29) is 5.82 Å². The summed E-state index contributed by atoms with van der Waals surface area (Å²) in [6.07, 6.45) is 19.4. The lowest BCUT2D eigenvalue weighted by Crippen LogP contribution is -2.39. The van der Waals surface area contributed by atoms with Crippen LogP contribution in [0, 0.1) is 11.7 Å². The molecule has 2 aromatic rings. The molecule has 1 saturated carbocycles. The molecule has 0 atom stereocenters. The van der Waals surface area contributed by atoms with Crippen LogP contribution in [0.1, 0.15) is 128 Å². The third-order valence-corrected chi connectivity index (χ3v) is 8.69. The van der Waals surface area contributed by atoms with E-state index < -0.39 is 11.4 Å². The molecule has 0 amide bonds. The van der Waals surface area contributed by atoms with Crippen LogP contribution in [-0.4, -0.2) is 11.1 Å². The maximum Gasteiger partial charge on any atom is 0.314 e. The topological polar surface area (TPSA) is 37.3 Å². The van der Waals surface area contributed by atoms with Gasteiger partial charge in [0, 0.05) is 5.56 Å². The quantitative estimate of drug-likeness (QED) is 0.229. The minimum atomic E-state index is -0.960. The van der Waals surface area contributed by atoms with E-state index in [1.807, 2.05) is 18.2 Å². The summed E-state index contributed by atoms with van der Waals surface area (Å²) < 4.78 is 15.3. The molecule has 2 aromatic carbocycles. The first kappa shape index (κ1) is 29.4. The lowest BCUT2D eigenvalue weighted by atomic mass is 9.66. The number of hydrogen-bond donors (Lipinski definition) is 1. The van der Waals surface area contributed by atoms with Crippen molar-refractivity contribution in [1.29, 1.82) is 0 Å². The number of carboxylic acid groups (broad SMARTS) is 1. The van der Waals surface area contributed by atoms with Gasteiger partial charge >= 0.3 is 5.97 Å². The maximum absolute atomic E-state index is 15.3. The molecular weight excluding hydrogens is 459 g/mol. The van der Waals surface area contributed by atoms with Crippen LogP contribution in [0.2, 0.25) is 0 Å². The Kier molecular flexibility index (Phi) is 12.2. The highest BCUT2D eigenvalue weighted by atomic mass is 19.1. The molecule has 2 nitrogen and oxygen atoms in total. The number of aliphatic carboxylic acids is 1. The molecule has 204 valence electrons. The highest BCUT2D eigenvalue weighted by molar-refractivity contribution is 5.82. The first-order valence-corrected chi connectivity index (χ1v) is 15.1. The molecule has 1 fully saturated rings. The average molecular weight is 509 g/mol. The Bertz CT molecular complexity index is 941. The first-order valence-electron chi connectivity index (χ1n) is 15.1. The van der Waals surface area contributed by atoms with Gasteiger partial charge in [0.2, 0.25) is 0 Å². The van der Waals surface area contributed by atoms with Crippen LogP contribution in [0.5, 0.6) is 0 Å². The van der Waals surface area contributed by atoms with Gasteiger partial charge in [-0.2, -0.15) is 0 Å². The van der Waals surface area contributed by atoms with Crippen LogP contribution < -0.4 is 0 Å². The monoisotopic (exact) mass is 508 g/mol. The van der Waals surface area contributed by atoms with Gasteiger partial charge in [0.05, 0.1) is 5.41 Å². The van der Waals surface area contributed by atoms with Crippen LogP contribution in [0.4, 0.5) is 4.39 Å². The van der Waals surface area contributed by atoms with Crippen LogP contribution in [0.25, 0.3) is 11.1 Å². The summed E-state index contributed by atoms with van der Waals surface area (Å²) in [5, 5.41) is 10.2. The van der Waals surface area contributed by atoms with Crippen molar-refractivity contribution in [1.82, 2.24) is 0 Å². The van der Waals surface area contributed by atoms with Crippen molar-refractivity contribution in [3.63, 3.8) is 0 Å². The molecule has 0 bridgehead atoms. The largest absolute Gasteiger partial charge is 0.481 e. The lowest BCUT2D eigenvalue weighted by molar-refractivity contribution is -0.145. The van der Waals surface area contributed by atoms with Gasteiger partial charge in [-0.3, -0.25) is 4.79 Å². The van der Waals surface area contributed by atoms with Crippen molar-refractivity contribution in [3.8, 4) is 11.1 Å².